The van der Waals surface area contributed by atoms with Gasteiger partial charge in [-0.3, -0.25) is 14.6 Å². The molecule has 2 aliphatic rings. The van der Waals surface area contributed by atoms with E-state index in [4.69, 9.17) is 9.90 Å². The minimum atomic E-state index is -5.08. The molecule has 2 fully saturated rings. The zero-order valence-corrected chi connectivity index (χ0v) is 19.4. The Morgan fingerprint density at radius 1 is 1.14 bits per heavy atom. The number of carboxylic acids is 1. The lowest BCUT2D eigenvalue weighted by molar-refractivity contribution is -0.192. The second-order valence-electron chi connectivity index (χ2n) is 8.99. The average molecular weight is 492 g/mol. The zero-order valence-electron chi connectivity index (χ0n) is 19.4. The number of alkyl halides is 3. The second-order valence-corrected chi connectivity index (χ2v) is 8.99. The van der Waals surface area contributed by atoms with Crippen LogP contribution in [0.5, 0.6) is 0 Å². The van der Waals surface area contributed by atoms with E-state index in [1.54, 1.807) is 11.1 Å². The van der Waals surface area contributed by atoms with Gasteiger partial charge in [-0.2, -0.15) is 13.2 Å². The number of carboxylic acid groups (broad SMARTS) is 1. The summed E-state index contributed by atoms with van der Waals surface area (Å²) >= 11 is 0. The predicted molar refractivity (Wildman–Crippen MR) is 121 cm³/mol. The van der Waals surface area contributed by atoms with Crippen LogP contribution in [0.3, 0.4) is 0 Å². The number of nitrogens with zero attached hydrogens (tertiary/aromatic N) is 3. The van der Waals surface area contributed by atoms with Gasteiger partial charge in [-0.15, -0.1) is 0 Å². The van der Waals surface area contributed by atoms with Crippen molar-refractivity contribution in [1.82, 2.24) is 14.8 Å². The van der Waals surface area contributed by atoms with Gasteiger partial charge in [-0.05, 0) is 37.0 Å². The third-order valence-electron chi connectivity index (χ3n) is 6.44. The molecule has 4 rings (SSSR count). The number of hydrogen-bond acceptors (Lipinski definition) is 4. The summed E-state index contributed by atoms with van der Waals surface area (Å²) in [6.45, 7) is 2.04. The van der Waals surface area contributed by atoms with Crippen LogP contribution in [-0.4, -0.2) is 64.0 Å². The highest BCUT2D eigenvalue weighted by atomic mass is 19.4. The minimum Gasteiger partial charge on any atom is -0.475 e. The number of rotatable bonds is 6. The Labute approximate surface area is 201 Å². The highest BCUT2D eigenvalue weighted by Gasteiger charge is 2.61. The maximum Gasteiger partial charge on any atom is 0.490 e. The van der Waals surface area contributed by atoms with Crippen LogP contribution in [-0.2, 0) is 27.3 Å². The molecule has 2 atom stereocenters. The van der Waals surface area contributed by atoms with Crippen molar-refractivity contribution in [2.24, 2.45) is 11.3 Å². The Balaban J connectivity index is 0.000000429. The smallest absolute Gasteiger partial charge is 0.475 e. The summed E-state index contributed by atoms with van der Waals surface area (Å²) in [5, 5.41) is 7.12. The van der Waals surface area contributed by atoms with Crippen molar-refractivity contribution in [3.05, 3.63) is 66.0 Å². The minimum absolute atomic E-state index is 0.0118. The molecule has 1 aliphatic carbocycles. The van der Waals surface area contributed by atoms with Crippen LogP contribution in [0.4, 0.5) is 13.2 Å². The van der Waals surface area contributed by atoms with Crippen LogP contribution in [0.2, 0.25) is 0 Å². The number of benzene rings is 1. The number of pyridine rings is 1. The predicted octanol–water partition coefficient (Wildman–Crippen LogP) is 3.54. The van der Waals surface area contributed by atoms with Gasteiger partial charge in [0.25, 0.3) is 0 Å². The van der Waals surface area contributed by atoms with E-state index in [1.807, 2.05) is 48.3 Å². The second kappa shape index (κ2) is 10.9. The average Bonchev–Trinajstić information content (AvgIpc) is 3.36. The van der Waals surface area contributed by atoms with Crippen molar-refractivity contribution in [1.29, 1.82) is 0 Å². The van der Waals surface area contributed by atoms with Gasteiger partial charge in [0, 0.05) is 44.1 Å². The normalized spacial score (nSPS) is 20.7. The van der Waals surface area contributed by atoms with E-state index in [2.05, 4.69) is 17.1 Å². The Morgan fingerprint density at radius 3 is 2.40 bits per heavy atom. The van der Waals surface area contributed by atoms with Crippen LogP contribution in [0.1, 0.15) is 30.5 Å². The lowest BCUT2D eigenvalue weighted by Crippen LogP contribution is -2.32. The summed E-state index contributed by atoms with van der Waals surface area (Å²) in [6.07, 6.45) is -0.169. The molecule has 1 aromatic heterocycles. The molecular formula is C25H28F3N3O4. The summed E-state index contributed by atoms with van der Waals surface area (Å²) in [4.78, 5) is 42.4. The number of aliphatic carboxylic acids is 1. The van der Waals surface area contributed by atoms with E-state index in [0.717, 1.165) is 38.0 Å². The molecule has 2 amide bonds. The van der Waals surface area contributed by atoms with Crippen molar-refractivity contribution in [2.75, 3.05) is 20.1 Å². The molecule has 10 heteroatoms. The molecule has 1 aliphatic heterocycles. The molecular weight excluding hydrogens is 463 g/mol. The van der Waals surface area contributed by atoms with Crippen molar-refractivity contribution in [2.45, 2.75) is 38.4 Å². The van der Waals surface area contributed by atoms with Gasteiger partial charge in [-0.1, -0.05) is 36.4 Å². The number of aromatic nitrogens is 1. The van der Waals surface area contributed by atoms with E-state index < -0.39 is 12.1 Å². The van der Waals surface area contributed by atoms with Crippen LogP contribution < -0.4 is 0 Å². The van der Waals surface area contributed by atoms with Gasteiger partial charge in [0.2, 0.25) is 11.8 Å². The Bertz CT molecular complexity index is 1030. The number of halogens is 3. The first-order valence-corrected chi connectivity index (χ1v) is 11.3. The fraction of sp³-hybridized carbons (Fsp3) is 0.440. The monoisotopic (exact) mass is 491 g/mol. The summed E-state index contributed by atoms with van der Waals surface area (Å²) in [5.41, 5.74) is 2.11. The molecule has 1 saturated heterocycles. The maximum absolute atomic E-state index is 12.9. The molecule has 0 radical (unpaired) electrons. The number of amides is 2. The fourth-order valence-electron chi connectivity index (χ4n) is 4.39. The number of carbonyl (C=O) groups excluding carboxylic acids is 2. The molecule has 7 nitrogen and oxygen atoms in total. The lowest BCUT2D eigenvalue weighted by atomic mass is 10.0. The van der Waals surface area contributed by atoms with E-state index in [-0.39, 0.29) is 23.1 Å². The molecule has 2 aromatic rings. The summed E-state index contributed by atoms with van der Waals surface area (Å²) in [5.74, 6) is -2.31. The van der Waals surface area contributed by atoms with E-state index >= 15 is 0 Å². The molecule has 2 unspecified atom stereocenters. The Morgan fingerprint density at radius 2 is 1.80 bits per heavy atom. The van der Waals surface area contributed by atoms with Crippen molar-refractivity contribution < 1.29 is 32.7 Å². The van der Waals surface area contributed by atoms with Crippen LogP contribution in [0.15, 0.2) is 54.7 Å². The van der Waals surface area contributed by atoms with Gasteiger partial charge in [-0.25, -0.2) is 4.79 Å². The van der Waals surface area contributed by atoms with Gasteiger partial charge in [0.05, 0.1) is 12.2 Å². The highest BCUT2D eigenvalue weighted by molar-refractivity contribution is 5.83. The number of aryl methyl sites for hydroxylation is 1. The third kappa shape index (κ3) is 7.03. The number of carbonyl (C=O) groups is 3. The van der Waals surface area contributed by atoms with Crippen LogP contribution >= 0.6 is 0 Å². The van der Waals surface area contributed by atoms with Crippen LogP contribution in [0.25, 0.3) is 0 Å². The third-order valence-corrected chi connectivity index (χ3v) is 6.44. The van der Waals surface area contributed by atoms with Crippen LogP contribution in [0, 0.1) is 11.3 Å². The Kier molecular flexibility index (Phi) is 8.14. The lowest BCUT2D eigenvalue weighted by Gasteiger charge is -2.19. The van der Waals surface area contributed by atoms with E-state index in [9.17, 15) is 22.8 Å². The van der Waals surface area contributed by atoms with E-state index in [0.29, 0.717) is 13.0 Å². The Hall–Kier alpha value is -3.43. The first-order chi connectivity index (χ1) is 16.5. The first-order valence-electron chi connectivity index (χ1n) is 11.3. The quantitative estimate of drug-likeness (QED) is 0.668. The highest BCUT2D eigenvalue weighted by Crippen LogP contribution is 2.59. The van der Waals surface area contributed by atoms with Crippen molar-refractivity contribution in [3.63, 3.8) is 0 Å². The first kappa shape index (κ1) is 26.2. The molecule has 188 valence electrons. The largest absolute Gasteiger partial charge is 0.490 e. The molecule has 2 heterocycles. The number of likely N-dealkylation sites (tertiary alicyclic amines) is 1. The summed E-state index contributed by atoms with van der Waals surface area (Å²) < 4.78 is 31.7. The van der Waals surface area contributed by atoms with Gasteiger partial charge in [0.15, 0.2) is 0 Å². The molecule has 1 spiro atoms. The molecule has 35 heavy (non-hydrogen) atoms. The molecule has 1 aromatic carbocycles. The molecule has 0 bridgehead atoms. The van der Waals surface area contributed by atoms with Crippen molar-refractivity contribution >= 4 is 17.8 Å². The van der Waals surface area contributed by atoms with E-state index in [1.165, 1.54) is 5.56 Å². The van der Waals surface area contributed by atoms with Gasteiger partial charge >= 0.3 is 12.1 Å². The zero-order chi connectivity index (χ0) is 25.6. The standard InChI is InChI=1S/C23H27N3O2.C2HF3O2/c1-25(16-19-9-5-6-13-24-19)22(28)20-15-23(20)12-14-26(17-23)21(27)11-10-18-7-3-2-4-8-18;3-2(4,5)1(6)7/h2-9,13,20H,10-12,14-17H2,1H3;(H,6,7). The molecule has 1 saturated carbocycles. The maximum atomic E-state index is 12.9. The number of hydrogen-bond donors (Lipinski definition) is 1. The van der Waals surface area contributed by atoms with Gasteiger partial charge in [0.1, 0.15) is 0 Å². The topological polar surface area (TPSA) is 90.8 Å². The summed E-state index contributed by atoms with van der Waals surface area (Å²) in [6, 6.07) is 15.9. The SMILES string of the molecule is CN(Cc1ccccn1)C(=O)C1CC12CCN(C(=O)CCc1ccccc1)C2.O=C(O)C(F)(F)F. The molecule has 1 N–H and O–H groups in total. The van der Waals surface area contributed by atoms with Crippen molar-refractivity contribution in [3.8, 4) is 0 Å². The van der Waals surface area contributed by atoms with Gasteiger partial charge < -0.3 is 14.9 Å². The summed E-state index contributed by atoms with van der Waals surface area (Å²) in [7, 11) is 1.85. The fourth-order valence-corrected chi connectivity index (χ4v) is 4.39.